The standard InChI is InChI=1S/C12H18N2O5S/c1-8(2)4-11(12(15)16)14-20(17,18)10-5-9(19-3)6-13-7-10/h5-8,11,14H,4H2,1-3H3,(H,15,16)/t11-/m1/s1. The van der Waals surface area contributed by atoms with Crippen molar-refractivity contribution in [2.45, 2.75) is 31.2 Å². The number of pyridine rings is 1. The summed E-state index contributed by atoms with van der Waals surface area (Å²) in [5.41, 5.74) is 0. The van der Waals surface area contributed by atoms with Gasteiger partial charge in [-0.2, -0.15) is 4.72 Å². The van der Waals surface area contributed by atoms with Gasteiger partial charge in [0, 0.05) is 12.3 Å². The van der Waals surface area contributed by atoms with Gasteiger partial charge in [-0.15, -0.1) is 0 Å². The van der Waals surface area contributed by atoms with Crippen LogP contribution in [-0.2, 0) is 14.8 Å². The Labute approximate surface area is 118 Å². The number of rotatable bonds is 7. The van der Waals surface area contributed by atoms with Crippen molar-refractivity contribution in [1.82, 2.24) is 9.71 Å². The monoisotopic (exact) mass is 302 g/mol. The van der Waals surface area contributed by atoms with Gasteiger partial charge in [0.1, 0.15) is 16.7 Å². The number of hydrogen-bond acceptors (Lipinski definition) is 5. The second-order valence-electron chi connectivity index (χ2n) is 4.70. The average molecular weight is 302 g/mol. The van der Waals surface area contributed by atoms with Crippen LogP contribution in [0.1, 0.15) is 20.3 Å². The van der Waals surface area contributed by atoms with Gasteiger partial charge in [0.25, 0.3) is 0 Å². The summed E-state index contributed by atoms with van der Waals surface area (Å²) in [6.45, 7) is 3.63. The van der Waals surface area contributed by atoms with Crippen molar-refractivity contribution < 1.29 is 23.1 Å². The third-order valence-corrected chi connectivity index (χ3v) is 3.98. The SMILES string of the molecule is COc1cncc(S(=O)(=O)N[C@H](CC(C)C)C(=O)O)c1. The molecule has 1 atom stereocenters. The van der Waals surface area contributed by atoms with E-state index in [-0.39, 0.29) is 23.0 Å². The highest BCUT2D eigenvalue weighted by Crippen LogP contribution is 2.16. The lowest BCUT2D eigenvalue weighted by atomic mass is 10.1. The molecular weight excluding hydrogens is 284 g/mol. The molecule has 0 aliphatic heterocycles. The van der Waals surface area contributed by atoms with Gasteiger partial charge in [-0.25, -0.2) is 8.42 Å². The number of aliphatic carboxylic acids is 1. The quantitative estimate of drug-likeness (QED) is 0.774. The molecule has 112 valence electrons. The van der Waals surface area contributed by atoms with Gasteiger partial charge in [0.2, 0.25) is 10.0 Å². The molecule has 0 aromatic carbocycles. The molecule has 0 saturated heterocycles. The van der Waals surface area contributed by atoms with Crippen molar-refractivity contribution in [1.29, 1.82) is 0 Å². The van der Waals surface area contributed by atoms with E-state index in [4.69, 9.17) is 9.84 Å². The second-order valence-corrected chi connectivity index (χ2v) is 6.42. The first-order valence-corrected chi connectivity index (χ1v) is 7.48. The van der Waals surface area contributed by atoms with E-state index in [1.807, 2.05) is 13.8 Å². The minimum Gasteiger partial charge on any atom is -0.495 e. The first-order valence-electron chi connectivity index (χ1n) is 6.00. The van der Waals surface area contributed by atoms with Gasteiger partial charge < -0.3 is 9.84 Å². The summed E-state index contributed by atoms with van der Waals surface area (Å²) in [4.78, 5) is 14.7. The van der Waals surface area contributed by atoms with Crippen molar-refractivity contribution in [2.24, 2.45) is 5.92 Å². The fraction of sp³-hybridized carbons (Fsp3) is 0.500. The van der Waals surface area contributed by atoms with E-state index in [1.165, 1.54) is 19.4 Å². The number of methoxy groups -OCH3 is 1. The normalized spacial score (nSPS) is 13.2. The van der Waals surface area contributed by atoms with E-state index in [2.05, 4.69) is 9.71 Å². The van der Waals surface area contributed by atoms with Crippen LogP contribution >= 0.6 is 0 Å². The number of hydrogen-bond donors (Lipinski definition) is 2. The Morgan fingerprint density at radius 3 is 2.60 bits per heavy atom. The van der Waals surface area contributed by atoms with Crippen molar-refractivity contribution in [2.75, 3.05) is 7.11 Å². The Morgan fingerprint density at radius 1 is 1.45 bits per heavy atom. The van der Waals surface area contributed by atoms with Crippen molar-refractivity contribution in [3.63, 3.8) is 0 Å². The lowest BCUT2D eigenvalue weighted by Crippen LogP contribution is -2.41. The molecule has 7 nitrogen and oxygen atoms in total. The van der Waals surface area contributed by atoms with Crippen LogP contribution in [0.4, 0.5) is 0 Å². The van der Waals surface area contributed by atoms with E-state index < -0.39 is 22.0 Å². The lowest BCUT2D eigenvalue weighted by molar-refractivity contribution is -0.139. The molecule has 0 spiro atoms. The van der Waals surface area contributed by atoms with Crippen LogP contribution in [0, 0.1) is 5.92 Å². The predicted molar refractivity (Wildman–Crippen MR) is 72.0 cm³/mol. The molecule has 1 aromatic rings. The Balaban J connectivity index is 3.00. The molecule has 0 aliphatic carbocycles. The average Bonchev–Trinajstić information content (AvgIpc) is 2.37. The molecule has 0 radical (unpaired) electrons. The lowest BCUT2D eigenvalue weighted by Gasteiger charge is -2.16. The smallest absolute Gasteiger partial charge is 0.321 e. The predicted octanol–water partition coefficient (Wildman–Crippen LogP) is 0.868. The summed E-state index contributed by atoms with van der Waals surface area (Å²) < 4.78 is 31.3. The summed E-state index contributed by atoms with van der Waals surface area (Å²) >= 11 is 0. The number of aromatic nitrogens is 1. The van der Waals surface area contributed by atoms with Crippen molar-refractivity contribution >= 4 is 16.0 Å². The van der Waals surface area contributed by atoms with Gasteiger partial charge in [-0.3, -0.25) is 9.78 Å². The zero-order valence-corrected chi connectivity index (χ0v) is 12.3. The maximum atomic E-state index is 12.1. The molecule has 1 rings (SSSR count). The van der Waals surface area contributed by atoms with E-state index >= 15 is 0 Å². The number of ether oxygens (including phenoxy) is 1. The minimum absolute atomic E-state index is 0.0437. The first-order chi connectivity index (χ1) is 9.26. The van der Waals surface area contributed by atoms with Gasteiger partial charge in [0.05, 0.1) is 13.3 Å². The van der Waals surface area contributed by atoms with Crippen LogP contribution < -0.4 is 9.46 Å². The number of sulfonamides is 1. The molecule has 8 heteroatoms. The molecule has 1 heterocycles. The molecule has 0 fully saturated rings. The van der Waals surface area contributed by atoms with Crippen LogP contribution in [0.5, 0.6) is 5.75 Å². The third kappa shape index (κ3) is 4.46. The Hall–Kier alpha value is -1.67. The number of nitrogens with zero attached hydrogens (tertiary/aromatic N) is 1. The van der Waals surface area contributed by atoms with E-state index in [0.29, 0.717) is 0 Å². The highest BCUT2D eigenvalue weighted by molar-refractivity contribution is 7.89. The molecule has 20 heavy (non-hydrogen) atoms. The van der Waals surface area contributed by atoms with Crippen LogP contribution in [0.15, 0.2) is 23.4 Å². The number of carbonyl (C=O) groups is 1. The zero-order valence-electron chi connectivity index (χ0n) is 11.5. The van der Waals surface area contributed by atoms with E-state index in [1.54, 1.807) is 0 Å². The van der Waals surface area contributed by atoms with Crippen LogP contribution in [-0.4, -0.2) is 37.6 Å². The van der Waals surface area contributed by atoms with Gasteiger partial charge >= 0.3 is 5.97 Å². The molecule has 0 saturated carbocycles. The Bertz CT molecular complexity index is 571. The minimum atomic E-state index is -3.96. The summed E-state index contributed by atoms with van der Waals surface area (Å²) in [6, 6.07) is 0.107. The third-order valence-electron chi connectivity index (χ3n) is 2.54. The van der Waals surface area contributed by atoms with Crippen LogP contribution in [0.2, 0.25) is 0 Å². The number of carboxylic acid groups (broad SMARTS) is 1. The van der Waals surface area contributed by atoms with Crippen molar-refractivity contribution in [3.8, 4) is 5.75 Å². The summed E-state index contributed by atoms with van der Waals surface area (Å²) in [5, 5.41) is 9.07. The highest BCUT2D eigenvalue weighted by atomic mass is 32.2. The first kappa shape index (κ1) is 16.4. The summed E-state index contributed by atoms with van der Waals surface area (Å²) in [7, 11) is -2.57. The molecule has 1 aromatic heterocycles. The Morgan fingerprint density at radius 2 is 2.10 bits per heavy atom. The van der Waals surface area contributed by atoms with Gasteiger partial charge in [-0.1, -0.05) is 13.8 Å². The second kappa shape index (κ2) is 6.67. The topological polar surface area (TPSA) is 106 Å². The van der Waals surface area contributed by atoms with Crippen LogP contribution in [0.3, 0.4) is 0 Å². The fourth-order valence-electron chi connectivity index (χ4n) is 1.58. The van der Waals surface area contributed by atoms with Crippen molar-refractivity contribution in [3.05, 3.63) is 18.5 Å². The number of nitrogens with one attached hydrogen (secondary N) is 1. The largest absolute Gasteiger partial charge is 0.495 e. The summed E-state index contributed by atoms with van der Waals surface area (Å²) in [6.07, 6.45) is 2.70. The molecule has 0 aliphatic rings. The molecular formula is C12H18N2O5S. The molecule has 0 unspecified atom stereocenters. The Kier molecular flexibility index (Phi) is 5.46. The van der Waals surface area contributed by atoms with E-state index in [0.717, 1.165) is 6.20 Å². The number of carboxylic acids is 1. The highest BCUT2D eigenvalue weighted by Gasteiger charge is 2.26. The van der Waals surface area contributed by atoms with Crippen LogP contribution in [0.25, 0.3) is 0 Å². The maximum absolute atomic E-state index is 12.1. The summed E-state index contributed by atoms with van der Waals surface area (Å²) in [5.74, 6) is -0.885. The molecule has 0 amide bonds. The fourth-order valence-corrected chi connectivity index (χ4v) is 2.76. The molecule has 0 bridgehead atoms. The zero-order chi connectivity index (χ0) is 15.3. The van der Waals surface area contributed by atoms with E-state index in [9.17, 15) is 13.2 Å². The maximum Gasteiger partial charge on any atom is 0.321 e. The molecule has 2 N–H and O–H groups in total. The van der Waals surface area contributed by atoms with Gasteiger partial charge in [-0.05, 0) is 12.3 Å². The van der Waals surface area contributed by atoms with Gasteiger partial charge in [0.15, 0.2) is 0 Å².